The molecular formula is C16H34N2S. The minimum Gasteiger partial charge on any atom is -0.314 e. The lowest BCUT2D eigenvalue weighted by atomic mass is 9.84. The first-order valence-electron chi connectivity index (χ1n) is 7.86. The maximum Gasteiger partial charge on any atom is 0.0116 e. The molecule has 3 heteroatoms. The van der Waals surface area contributed by atoms with Crippen molar-refractivity contribution in [1.29, 1.82) is 0 Å². The van der Waals surface area contributed by atoms with E-state index in [2.05, 4.69) is 63.5 Å². The van der Waals surface area contributed by atoms with E-state index in [1.807, 2.05) is 0 Å². The molecule has 1 saturated heterocycles. The second kappa shape index (κ2) is 7.33. The second-order valence-electron chi connectivity index (χ2n) is 7.30. The zero-order valence-corrected chi connectivity index (χ0v) is 14.7. The smallest absolute Gasteiger partial charge is 0.0116 e. The summed E-state index contributed by atoms with van der Waals surface area (Å²) in [4.78, 5) is 2.67. The molecule has 114 valence electrons. The quantitative estimate of drug-likeness (QED) is 0.803. The fourth-order valence-corrected chi connectivity index (χ4v) is 3.71. The summed E-state index contributed by atoms with van der Waals surface area (Å²) in [6, 6.07) is 0.580. The van der Waals surface area contributed by atoms with Crippen LogP contribution < -0.4 is 5.32 Å². The molecule has 0 saturated carbocycles. The molecule has 0 radical (unpaired) electrons. The lowest BCUT2D eigenvalue weighted by Gasteiger charge is -2.37. The van der Waals surface area contributed by atoms with Crippen molar-refractivity contribution in [2.24, 2.45) is 5.41 Å². The first-order chi connectivity index (χ1) is 8.77. The molecule has 0 spiro atoms. The third kappa shape index (κ3) is 6.05. The largest absolute Gasteiger partial charge is 0.314 e. The van der Waals surface area contributed by atoms with E-state index >= 15 is 0 Å². The van der Waals surface area contributed by atoms with Gasteiger partial charge in [0.15, 0.2) is 0 Å². The van der Waals surface area contributed by atoms with Crippen molar-refractivity contribution in [2.45, 2.75) is 65.2 Å². The molecule has 1 aliphatic rings. The fraction of sp³-hybridized carbons (Fsp3) is 1.00. The van der Waals surface area contributed by atoms with Crippen LogP contribution in [0.1, 0.15) is 54.4 Å². The van der Waals surface area contributed by atoms with Crippen LogP contribution in [0.2, 0.25) is 0 Å². The predicted octanol–water partition coefficient (Wildman–Crippen LogP) is 3.62. The average Bonchev–Trinajstić information content (AvgIpc) is 2.47. The van der Waals surface area contributed by atoms with Gasteiger partial charge in [0.2, 0.25) is 0 Å². The van der Waals surface area contributed by atoms with Crippen molar-refractivity contribution < 1.29 is 0 Å². The van der Waals surface area contributed by atoms with Gasteiger partial charge in [0.25, 0.3) is 0 Å². The Hall–Kier alpha value is 0.270. The number of nitrogens with one attached hydrogen (secondary N) is 1. The summed E-state index contributed by atoms with van der Waals surface area (Å²) in [5, 5.41) is 3.66. The minimum absolute atomic E-state index is 0.342. The summed E-state index contributed by atoms with van der Waals surface area (Å²) in [5.41, 5.74) is 0.342. The number of hydrogen-bond acceptors (Lipinski definition) is 3. The maximum absolute atomic E-state index is 3.66. The summed E-state index contributed by atoms with van der Waals surface area (Å²) >= 11 is 2.14. The molecule has 1 N–H and O–H groups in total. The van der Waals surface area contributed by atoms with Crippen molar-refractivity contribution in [3.05, 3.63) is 0 Å². The number of rotatable bonds is 6. The maximum atomic E-state index is 3.66. The van der Waals surface area contributed by atoms with Crippen LogP contribution in [0.25, 0.3) is 0 Å². The molecule has 1 heterocycles. The van der Waals surface area contributed by atoms with Gasteiger partial charge in [-0.1, -0.05) is 34.6 Å². The molecule has 2 nitrogen and oxygen atoms in total. The third-order valence-electron chi connectivity index (χ3n) is 4.43. The summed E-state index contributed by atoms with van der Waals surface area (Å²) in [6.45, 7) is 19.0. The van der Waals surface area contributed by atoms with Crippen molar-refractivity contribution in [3.63, 3.8) is 0 Å². The topological polar surface area (TPSA) is 15.3 Å². The predicted molar refractivity (Wildman–Crippen MR) is 89.1 cm³/mol. The normalized spacial score (nSPS) is 23.1. The van der Waals surface area contributed by atoms with E-state index in [0.29, 0.717) is 16.2 Å². The van der Waals surface area contributed by atoms with Gasteiger partial charge >= 0.3 is 0 Å². The lowest BCUT2D eigenvalue weighted by molar-refractivity contribution is 0.147. The SMILES string of the molecule is CCCNC(C)C(C)(C)CN1CCSC(C)(C)CC1. The Morgan fingerprint density at radius 2 is 2.00 bits per heavy atom. The standard InChI is InChI=1S/C16H34N2S/c1-7-9-17-14(2)15(3,4)13-18-10-8-16(5,6)19-12-11-18/h14,17H,7-13H2,1-6H3. The van der Waals surface area contributed by atoms with Gasteiger partial charge < -0.3 is 10.2 Å². The highest BCUT2D eigenvalue weighted by Gasteiger charge is 2.30. The van der Waals surface area contributed by atoms with Crippen LogP contribution in [0, 0.1) is 5.41 Å². The van der Waals surface area contributed by atoms with Crippen LogP contribution in [-0.2, 0) is 0 Å². The Balaban J connectivity index is 2.48. The van der Waals surface area contributed by atoms with E-state index in [1.165, 1.54) is 38.2 Å². The zero-order valence-electron chi connectivity index (χ0n) is 13.9. The van der Waals surface area contributed by atoms with Gasteiger partial charge in [-0.2, -0.15) is 11.8 Å². The molecule has 1 fully saturated rings. The van der Waals surface area contributed by atoms with Gasteiger partial charge in [-0.05, 0) is 38.3 Å². The molecule has 1 aliphatic heterocycles. The molecular weight excluding hydrogens is 252 g/mol. The number of thioether (sulfide) groups is 1. The number of nitrogens with zero attached hydrogens (tertiary/aromatic N) is 1. The van der Waals surface area contributed by atoms with Crippen molar-refractivity contribution in [1.82, 2.24) is 10.2 Å². The van der Waals surface area contributed by atoms with Crippen LogP contribution >= 0.6 is 11.8 Å². The highest BCUT2D eigenvalue weighted by molar-refractivity contribution is 8.00. The molecule has 19 heavy (non-hydrogen) atoms. The van der Waals surface area contributed by atoms with Gasteiger partial charge in [0.05, 0.1) is 0 Å². The molecule has 0 amide bonds. The van der Waals surface area contributed by atoms with E-state index in [4.69, 9.17) is 0 Å². The van der Waals surface area contributed by atoms with Crippen LogP contribution in [-0.4, -0.2) is 47.6 Å². The van der Waals surface area contributed by atoms with E-state index in [-0.39, 0.29) is 0 Å². The van der Waals surface area contributed by atoms with Gasteiger partial charge in [-0.15, -0.1) is 0 Å². The van der Waals surface area contributed by atoms with Crippen molar-refractivity contribution in [3.8, 4) is 0 Å². The van der Waals surface area contributed by atoms with Crippen LogP contribution in [0.5, 0.6) is 0 Å². The van der Waals surface area contributed by atoms with Crippen LogP contribution in [0.3, 0.4) is 0 Å². The second-order valence-corrected chi connectivity index (χ2v) is 9.10. The van der Waals surface area contributed by atoms with E-state index in [0.717, 1.165) is 6.54 Å². The average molecular weight is 287 g/mol. The zero-order chi connectivity index (χ0) is 14.5. The minimum atomic E-state index is 0.342. The molecule has 1 rings (SSSR count). The molecule has 0 aromatic heterocycles. The molecule has 0 aromatic rings. The van der Waals surface area contributed by atoms with E-state index in [1.54, 1.807) is 0 Å². The monoisotopic (exact) mass is 286 g/mol. The Labute approximate surface area is 125 Å². The molecule has 0 bridgehead atoms. The molecule has 0 aliphatic carbocycles. The summed E-state index contributed by atoms with van der Waals surface area (Å²) in [5.74, 6) is 1.28. The van der Waals surface area contributed by atoms with Crippen molar-refractivity contribution in [2.75, 3.05) is 31.9 Å². The van der Waals surface area contributed by atoms with Gasteiger partial charge in [-0.3, -0.25) is 0 Å². The molecule has 1 atom stereocenters. The Kier molecular flexibility index (Phi) is 6.68. The van der Waals surface area contributed by atoms with Gasteiger partial charge in [0.1, 0.15) is 0 Å². The Morgan fingerprint density at radius 3 is 2.63 bits per heavy atom. The summed E-state index contributed by atoms with van der Waals surface area (Å²) < 4.78 is 0.463. The van der Waals surface area contributed by atoms with Gasteiger partial charge in [0, 0.05) is 29.6 Å². The third-order valence-corrected chi connectivity index (χ3v) is 5.81. The number of hydrogen-bond donors (Lipinski definition) is 1. The van der Waals surface area contributed by atoms with Crippen molar-refractivity contribution >= 4 is 11.8 Å². The Bertz CT molecular complexity index is 263. The highest BCUT2D eigenvalue weighted by atomic mass is 32.2. The van der Waals surface area contributed by atoms with Gasteiger partial charge in [-0.25, -0.2) is 0 Å². The lowest BCUT2D eigenvalue weighted by Crippen LogP contribution is -2.47. The molecule has 1 unspecified atom stereocenters. The summed E-state index contributed by atoms with van der Waals surface area (Å²) in [7, 11) is 0. The van der Waals surface area contributed by atoms with E-state index in [9.17, 15) is 0 Å². The first kappa shape index (κ1) is 17.3. The Morgan fingerprint density at radius 1 is 1.32 bits per heavy atom. The summed E-state index contributed by atoms with van der Waals surface area (Å²) in [6.07, 6.45) is 2.53. The highest BCUT2D eigenvalue weighted by Crippen LogP contribution is 2.32. The first-order valence-corrected chi connectivity index (χ1v) is 8.85. The van der Waals surface area contributed by atoms with E-state index < -0.39 is 0 Å². The van der Waals surface area contributed by atoms with Crippen LogP contribution in [0.15, 0.2) is 0 Å². The molecule has 0 aromatic carbocycles. The van der Waals surface area contributed by atoms with Crippen LogP contribution in [0.4, 0.5) is 0 Å². The fourth-order valence-electron chi connectivity index (χ4n) is 2.57.